The molecule has 138 heavy (non-hydrogen) atoms. The van der Waals surface area contributed by atoms with Gasteiger partial charge in [-0.05, 0) is 36.8 Å². The summed E-state index contributed by atoms with van der Waals surface area (Å²) in [7, 11) is 0. The van der Waals surface area contributed by atoms with Gasteiger partial charge in [0, 0.05) is 10.8 Å². The Morgan fingerprint density at radius 2 is 0.399 bits per heavy atom. The second kappa shape index (κ2) is 60.2. The van der Waals surface area contributed by atoms with Crippen molar-refractivity contribution in [2.75, 3.05) is 79.3 Å². The molecule has 16 unspecified atom stereocenters. The summed E-state index contributed by atoms with van der Waals surface area (Å²) in [6.45, 7) is -5.04. The van der Waals surface area contributed by atoms with Gasteiger partial charge in [0.2, 0.25) is 0 Å². The van der Waals surface area contributed by atoms with E-state index in [1.807, 2.05) is 0 Å². The maximum atomic E-state index is 12.2. The highest BCUT2D eigenvalue weighted by molar-refractivity contribution is 5.26. The molecule has 1 aromatic carbocycles. The molecule has 44 heteroatoms. The van der Waals surface area contributed by atoms with E-state index in [0.717, 1.165) is 103 Å². The first-order valence-corrected chi connectivity index (χ1v) is 50.2. The molecule has 8 aliphatic heterocycles. The minimum absolute atomic E-state index is 0.114. The quantitative estimate of drug-likeness (QED) is 0.0272. The van der Waals surface area contributed by atoms with Gasteiger partial charge in [-0.3, -0.25) is 0 Å². The Morgan fingerprint density at radius 1 is 0.217 bits per heavy atom. The third-order valence-corrected chi connectivity index (χ3v) is 28.3. The van der Waals surface area contributed by atoms with E-state index < -0.39 is 336 Å². The summed E-state index contributed by atoms with van der Waals surface area (Å²) in [5.41, 5.74) is -1.97. The monoisotopic (exact) mass is 2000 g/mol. The zero-order chi connectivity index (χ0) is 101. The van der Waals surface area contributed by atoms with E-state index in [9.17, 15) is 143 Å². The molecule has 0 amide bonds. The first-order valence-electron chi connectivity index (χ1n) is 50.2. The molecule has 806 valence electrons. The van der Waals surface area contributed by atoms with E-state index in [4.69, 9.17) is 75.8 Å². The van der Waals surface area contributed by atoms with E-state index in [0.29, 0.717) is 36.8 Å². The average molecular weight is 2000 g/mol. The maximum absolute atomic E-state index is 12.2. The molecule has 0 aliphatic carbocycles. The van der Waals surface area contributed by atoms with Gasteiger partial charge in [0.25, 0.3) is 0 Å². The van der Waals surface area contributed by atoms with Crippen molar-refractivity contribution in [3.63, 3.8) is 0 Å². The van der Waals surface area contributed by atoms with E-state index >= 15 is 0 Å². The highest BCUT2D eigenvalue weighted by Crippen LogP contribution is 2.43. The molecule has 8 saturated heterocycles. The standard InChI is InChI=1S/C94H166O44/c1-3-5-7-9-11-13-15-17-19-21-23-25-27-29-34-93(47-123-85-77(119)69(111)81(57(43-99)131-85)135-89-73(115)65(107)61(103)53(39-95)127-89,48-124-86-78(120)70(112)82(58(44-100)132-86)136-90-74(116)66(108)62(104)54(40-96)128-90)37-51-32-31-33-52(36-51)38-94(35-30-28-26-24-22-20-18-16-14-12-10-8-6-4-2,49-125-87-79(121)71(113)83(59(45-101)133-87)137-91-75(117)67(109)63(105)55(41-97)129-91)50-126-88-80(122)72(114)84(60(46-102)134-88)138-92-76(118)68(110)64(106)56(42-98)130-92/h31-33,36,53-92,95-122H,3-30,34-35,37-50H2,1-2H3/t53?,54?,55?,56?,57?,58?,59?,60?,61-,62-,63-,64-,65+,66+,67+,68+,69-,70-,71-,72-,73?,74?,75?,76?,77?,78?,79?,80?,81-,82-,83-,84-,85-,86-,87-,88-,89+,90+,91+,92+,93?,94?/m1/s1. The Hall–Kier alpha value is -2.54. The fourth-order valence-corrected chi connectivity index (χ4v) is 19.7. The lowest BCUT2D eigenvalue weighted by Crippen LogP contribution is -2.65. The van der Waals surface area contributed by atoms with Gasteiger partial charge < -0.3 is 219 Å². The van der Waals surface area contributed by atoms with E-state index in [1.165, 1.54) is 51.4 Å². The molecular weight excluding hydrogens is 1830 g/mol. The largest absolute Gasteiger partial charge is 0.394 e. The molecular formula is C94H166O44. The highest BCUT2D eigenvalue weighted by Gasteiger charge is 2.58. The van der Waals surface area contributed by atoms with Gasteiger partial charge in [0.1, 0.15) is 195 Å². The van der Waals surface area contributed by atoms with E-state index in [1.54, 1.807) is 24.3 Å². The topological polar surface area (TPSA) is 714 Å². The lowest BCUT2D eigenvalue weighted by Gasteiger charge is -2.47. The number of rotatable bonds is 62. The van der Waals surface area contributed by atoms with Gasteiger partial charge in [-0.1, -0.05) is 218 Å². The molecule has 28 N–H and O–H groups in total. The smallest absolute Gasteiger partial charge is 0.187 e. The van der Waals surface area contributed by atoms with Crippen LogP contribution < -0.4 is 0 Å². The number of ether oxygens (including phenoxy) is 16. The van der Waals surface area contributed by atoms with Gasteiger partial charge in [-0.25, -0.2) is 0 Å². The Labute approximate surface area is 806 Å². The molecule has 0 radical (unpaired) electrons. The Balaban J connectivity index is 1.09. The molecule has 1 aromatic rings. The van der Waals surface area contributed by atoms with Crippen LogP contribution in [0.25, 0.3) is 0 Å². The van der Waals surface area contributed by atoms with Crippen molar-refractivity contribution in [2.45, 2.75) is 465 Å². The number of unbranched alkanes of at least 4 members (excludes halogenated alkanes) is 26. The summed E-state index contributed by atoms with van der Waals surface area (Å²) in [6.07, 6.45) is -46.7. The fraction of sp³-hybridized carbons (Fsp3) is 0.936. The number of benzene rings is 1. The predicted molar refractivity (Wildman–Crippen MR) is 478 cm³/mol. The van der Waals surface area contributed by atoms with Crippen LogP contribution >= 0.6 is 0 Å². The molecule has 0 aromatic heterocycles. The van der Waals surface area contributed by atoms with Gasteiger partial charge in [0.15, 0.2) is 50.3 Å². The molecule has 8 aliphatic rings. The third kappa shape index (κ3) is 32.7. The average Bonchev–Trinajstić information content (AvgIpc) is 0.792. The van der Waals surface area contributed by atoms with Gasteiger partial charge in [0.05, 0.1) is 79.3 Å². The van der Waals surface area contributed by atoms with Crippen LogP contribution in [0.15, 0.2) is 24.3 Å². The Kier molecular flexibility index (Phi) is 51.9. The molecule has 0 saturated carbocycles. The maximum Gasteiger partial charge on any atom is 0.187 e. The van der Waals surface area contributed by atoms with Gasteiger partial charge in [-0.2, -0.15) is 0 Å². The number of hydrogen-bond donors (Lipinski definition) is 28. The van der Waals surface area contributed by atoms with Crippen LogP contribution in [0.5, 0.6) is 0 Å². The van der Waals surface area contributed by atoms with Gasteiger partial charge >= 0.3 is 0 Å². The fourth-order valence-electron chi connectivity index (χ4n) is 19.7. The Bertz CT molecular complexity index is 3040. The van der Waals surface area contributed by atoms with Crippen LogP contribution in [-0.4, -0.2) is 468 Å². The molecule has 0 spiro atoms. The van der Waals surface area contributed by atoms with Crippen molar-refractivity contribution in [1.29, 1.82) is 0 Å². The van der Waals surface area contributed by atoms with Crippen molar-refractivity contribution < 1.29 is 219 Å². The minimum atomic E-state index is -2.08. The van der Waals surface area contributed by atoms with Crippen molar-refractivity contribution in [3.8, 4) is 0 Å². The highest BCUT2D eigenvalue weighted by atomic mass is 16.8. The van der Waals surface area contributed by atoms with Crippen LogP contribution in [0.3, 0.4) is 0 Å². The first kappa shape index (κ1) is 119. The lowest BCUT2D eigenvalue weighted by atomic mass is 9.76. The third-order valence-electron chi connectivity index (χ3n) is 28.3. The first-order chi connectivity index (χ1) is 66.3. The molecule has 44 nitrogen and oxygen atoms in total. The normalized spacial score (nSPS) is 39.8. The number of aliphatic hydroxyl groups is 28. The van der Waals surface area contributed by atoms with Gasteiger partial charge in [-0.15, -0.1) is 0 Å². The summed E-state index contributed by atoms with van der Waals surface area (Å²) in [5, 5.41) is 310. The Morgan fingerprint density at radius 3 is 0.594 bits per heavy atom. The van der Waals surface area contributed by atoms with E-state index in [-0.39, 0.29) is 25.7 Å². The second-order valence-electron chi connectivity index (χ2n) is 39.1. The minimum Gasteiger partial charge on any atom is -0.394 e. The molecule has 8 heterocycles. The summed E-state index contributed by atoms with van der Waals surface area (Å²) in [5.74, 6) is 0. The SMILES string of the molecule is CCCCCCCCCCCCCCCCC(CO[C@@H]1OC(CO)[C@@H](O[C@@H]2OC(CO)[C@@H](O)[C@H](O)C2O)[C@H](O)C1O)(CO[C@@H]1OC(CO)[C@@H](O[C@@H]2OC(CO)[C@@H](O)[C@H](O)C2O)[C@H](O)C1O)Cc1cccc(CC(CCCCCCCCCCCCCCCC)(CO[C@@H]2OC(CO)[C@@H](O[C@@H]3OC(CO)[C@@H](O)[C@H](O)C3O)[C@H](O)C2O)CO[C@@H]2OC(CO)[C@@H](O[C@@H]3OC(CO)[C@@H](O)[C@H](O)C3O)[C@H](O)C2O)c1. The molecule has 8 fully saturated rings. The number of aliphatic hydroxyl groups excluding tert-OH is 28. The molecule has 0 bridgehead atoms. The summed E-state index contributed by atoms with van der Waals surface area (Å²) in [4.78, 5) is 0. The van der Waals surface area contributed by atoms with Crippen molar-refractivity contribution in [3.05, 3.63) is 35.4 Å². The summed E-state index contributed by atoms with van der Waals surface area (Å²) < 4.78 is 97.5. The van der Waals surface area contributed by atoms with Crippen LogP contribution in [0, 0.1) is 10.8 Å². The van der Waals surface area contributed by atoms with Crippen molar-refractivity contribution in [2.24, 2.45) is 10.8 Å². The van der Waals surface area contributed by atoms with Crippen molar-refractivity contribution in [1.82, 2.24) is 0 Å². The van der Waals surface area contributed by atoms with Crippen LogP contribution in [0.1, 0.15) is 218 Å². The van der Waals surface area contributed by atoms with Crippen LogP contribution in [0.4, 0.5) is 0 Å². The summed E-state index contributed by atoms with van der Waals surface area (Å²) in [6, 6.07) is 7.00. The van der Waals surface area contributed by atoms with E-state index in [2.05, 4.69) is 13.8 Å². The number of hydrogen-bond acceptors (Lipinski definition) is 44. The molecule has 40 atom stereocenters. The second-order valence-corrected chi connectivity index (χ2v) is 39.1. The predicted octanol–water partition coefficient (Wildman–Crippen LogP) is -4.95. The van der Waals surface area contributed by atoms with Crippen molar-refractivity contribution >= 4 is 0 Å². The lowest BCUT2D eigenvalue weighted by molar-refractivity contribution is -0.365. The zero-order valence-electron chi connectivity index (χ0n) is 79.6. The summed E-state index contributed by atoms with van der Waals surface area (Å²) >= 11 is 0. The van der Waals surface area contributed by atoms with Crippen LogP contribution in [-0.2, 0) is 88.6 Å². The molecule has 9 rings (SSSR count). The van der Waals surface area contributed by atoms with Crippen LogP contribution in [0.2, 0.25) is 0 Å². The zero-order valence-corrected chi connectivity index (χ0v) is 79.6.